The lowest BCUT2D eigenvalue weighted by atomic mass is 10.2. The summed E-state index contributed by atoms with van der Waals surface area (Å²) < 4.78 is 23.5. The van der Waals surface area contributed by atoms with E-state index in [0.717, 1.165) is 19.1 Å². The molecule has 2 N–H and O–H groups in total. The average Bonchev–Trinajstić information content (AvgIpc) is 3.19. The van der Waals surface area contributed by atoms with E-state index >= 15 is 0 Å². The van der Waals surface area contributed by atoms with Crippen molar-refractivity contribution in [1.82, 2.24) is 10.6 Å². The van der Waals surface area contributed by atoms with Crippen LogP contribution in [0.3, 0.4) is 0 Å². The number of benzene rings is 1. The van der Waals surface area contributed by atoms with Crippen LogP contribution in [0.4, 0.5) is 0 Å². The predicted octanol–water partition coefficient (Wildman–Crippen LogP) is 1.50. The van der Waals surface area contributed by atoms with E-state index in [1.54, 1.807) is 19.1 Å². The molecule has 0 radical (unpaired) electrons. The Morgan fingerprint density at radius 1 is 1.43 bits per heavy atom. The van der Waals surface area contributed by atoms with E-state index in [4.69, 9.17) is 11.6 Å². The molecule has 5 nitrogen and oxygen atoms in total. The zero-order valence-electron chi connectivity index (χ0n) is 12.0. The maximum absolute atomic E-state index is 11.9. The molecule has 0 saturated heterocycles. The van der Waals surface area contributed by atoms with Crippen molar-refractivity contribution in [2.24, 2.45) is 0 Å². The van der Waals surface area contributed by atoms with Crippen LogP contribution in [-0.4, -0.2) is 32.7 Å². The third-order valence-electron chi connectivity index (χ3n) is 3.38. The fourth-order valence-corrected chi connectivity index (χ4v) is 3.21. The van der Waals surface area contributed by atoms with Crippen LogP contribution in [0.1, 0.15) is 25.3 Å². The van der Waals surface area contributed by atoms with Crippen LogP contribution in [0.2, 0.25) is 5.02 Å². The Morgan fingerprint density at radius 3 is 2.67 bits per heavy atom. The minimum atomic E-state index is -3.36. The van der Waals surface area contributed by atoms with E-state index in [-0.39, 0.29) is 17.3 Å². The molecule has 1 fully saturated rings. The van der Waals surface area contributed by atoms with Gasteiger partial charge >= 0.3 is 0 Å². The van der Waals surface area contributed by atoms with Crippen LogP contribution in [0.15, 0.2) is 23.1 Å². The molecule has 0 spiro atoms. The molecule has 21 heavy (non-hydrogen) atoms. The Morgan fingerprint density at radius 2 is 2.10 bits per heavy atom. The average molecular weight is 331 g/mol. The molecule has 2 rings (SSSR count). The molecular weight excluding hydrogens is 312 g/mol. The van der Waals surface area contributed by atoms with Crippen molar-refractivity contribution in [3.63, 3.8) is 0 Å². The zero-order chi connectivity index (χ0) is 15.6. The van der Waals surface area contributed by atoms with Gasteiger partial charge in [0, 0.05) is 29.4 Å². The normalized spacial score (nSPS) is 16.5. The molecule has 7 heteroatoms. The molecule has 1 atom stereocenters. The molecular formula is C14H19ClN2O3S. The summed E-state index contributed by atoms with van der Waals surface area (Å²) in [6.45, 7) is 1.97. The maximum Gasteiger partial charge on any atom is 0.237 e. The van der Waals surface area contributed by atoms with Crippen molar-refractivity contribution in [1.29, 1.82) is 0 Å². The van der Waals surface area contributed by atoms with Crippen molar-refractivity contribution >= 4 is 27.3 Å². The first kappa shape index (κ1) is 16.3. The monoisotopic (exact) mass is 330 g/mol. The van der Waals surface area contributed by atoms with E-state index in [2.05, 4.69) is 10.6 Å². The minimum absolute atomic E-state index is 0.0783. The third kappa shape index (κ3) is 4.43. The Balaban J connectivity index is 2.07. The summed E-state index contributed by atoms with van der Waals surface area (Å²) in [5.74, 6) is -0.0783. The molecule has 0 bridgehead atoms. The van der Waals surface area contributed by atoms with E-state index in [1.807, 2.05) is 0 Å². The van der Waals surface area contributed by atoms with Gasteiger partial charge in [-0.2, -0.15) is 0 Å². The largest absolute Gasteiger partial charge is 0.352 e. The topological polar surface area (TPSA) is 75.3 Å². The third-order valence-corrected chi connectivity index (χ3v) is 4.91. The van der Waals surface area contributed by atoms with Crippen LogP contribution in [0.25, 0.3) is 0 Å². The van der Waals surface area contributed by atoms with Crippen molar-refractivity contribution in [3.05, 3.63) is 28.8 Å². The van der Waals surface area contributed by atoms with Gasteiger partial charge in [0.1, 0.15) is 0 Å². The summed E-state index contributed by atoms with van der Waals surface area (Å²) in [6, 6.07) is 4.66. The van der Waals surface area contributed by atoms with Crippen molar-refractivity contribution in [3.8, 4) is 0 Å². The number of hydrogen-bond donors (Lipinski definition) is 2. The van der Waals surface area contributed by atoms with Gasteiger partial charge < -0.3 is 10.6 Å². The summed E-state index contributed by atoms with van der Waals surface area (Å²) in [4.78, 5) is 12.0. The smallest absolute Gasteiger partial charge is 0.237 e. The lowest BCUT2D eigenvalue weighted by Crippen LogP contribution is -2.42. The van der Waals surface area contributed by atoms with Gasteiger partial charge in [-0.25, -0.2) is 8.42 Å². The van der Waals surface area contributed by atoms with Gasteiger partial charge in [0.2, 0.25) is 5.91 Å². The highest BCUT2D eigenvalue weighted by atomic mass is 35.5. The Kier molecular flexibility index (Phi) is 4.91. The second-order valence-corrected chi connectivity index (χ2v) is 7.77. The number of hydrogen-bond acceptors (Lipinski definition) is 4. The Labute approximate surface area is 130 Å². The van der Waals surface area contributed by atoms with Gasteiger partial charge in [0.05, 0.1) is 10.9 Å². The number of carbonyl (C=O) groups is 1. The van der Waals surface area contributed by atoms with Crippen molar-refractivity contribution in [2.45, 2.75) is 43.3 Å². The van der Waals surface area contributed by atoms with Crippen LogP contribution in [-0.2, 0) is 21.2 Å². The zero-order valence-corrected chi connectivity index (χ0v) is 13.6. The van der Waals surface area contributed by atoms with E-state index in [9.17, 15) is 13.2 Å². The highest BCUT2D eigenvalue weighted by Crippen LogP contribution is 2.24. The van der Waals surface area contributed by atoms with Crippen molar-refractivity contribution in [2.75, 3.05) is 6.26 Å². The van der Waals surface area contributed by atoms with Crippen LogP contribution in [0, 0.1) is 0 Å². The lowest BCUT2D eigenvalue weighted by molar-refractivity contribution is -0.122. The van der Waals surface area contributed by atoms with Gasteiger partial charge in [0.15, 0.2) is 9.84 Å². The number of amides is 1. The van der Waals surface area contributed by atoms with Crippen molar-refractivity contribution < 1.29 is 13.2 Å². The summed E-state index contributed by atoms with van der Waals surface area (Å²) in [7, 11) is -3.36. The summed E-state index contributed by atoms with van der Waals surface area (Å²) in [5.41, 5.74) is 0.493. The molecule has 116 valence electrons. The van der Waals surface area contributed by atoms with Crippen LogP contribution >= 0.6 is 11.6 Å². The van der Waals surface area contributed by atoms with E-state index < -0.39 is 15.9 Å². The summed E-state index contributed by atoms with van der Waals surface area (Å²) in [5, 5.41) is 6.30. The van der Waals surface area contributed by atoms with Gasteiger partial charge in [-0.1, -0.05) is 17.7 Å². The number of halogens is 1. The van der Waals surface area contributed by atoms with Gasteiger partial charge in [-0.15, -0.1) is 0 Å². The van der Waals surface area contributed by atoms with Crippen LogP contribution in [0.5, 0.6) is 0 Å². The number of nitrogens with one attached hydrogen (secondary N) is 2. The Bertz CT molecular complexity index is 642. The first-order valence-electron chi connectivity index (χ1n) is 6.80. The molecule has 1 unspecified atom stereocenters. The molecule has 1 amide bonds. The second kappa shape index (κ2) is 6.34. The molecule has 1 aromatic rings. The molecule has 0 aromatic heterocycles. The fraction of sp³-hybridized carbons (Fsp3) is 0.500. The van der Waals surface area contributed by atoms with E-state index in [1.165, 1.54) is 6.07 Å². The van der Waals surface area contributed by atoms with Gasteiger partial charge in [0.25, 0.3) is 0 Å². The first-order valence-corrected chi connectivity index (χ1v) is 9.07. The predicted molar refractivity (Wildman–Crippen MR) is 82.0 cm³/mol. The molecule has 1 aliphatic rings. The summed E-state index contributed by atoms with van der Waals surface area (Å²) in [6.07, 6.45) is 3.20. The van der Waals surface area contributed by atoms with Crippen LogP contribution < -0.4 is 10.6 Å². The fourth-order valence-electron chi connectivity index (χ4n) is 1.96. The highest BCUT2D eigenvalue weighted by molar-refractivity contribution is 7.90. The molecule has 1 aliphatic carbocycles. The molecule has 0 heterocycles. The number of sulfone groups is 1. The SMILES string of the molecule is CC(NCc1c(Cl)cccc1S(C)(=O)=O)C(=O)NC1CC1. The molecule has 1 saturated carbocycles. The van der Waals surface area contributed by atoms with Gasteiger partial charge in [-0.05, 0) is 31.9 Å². The maximum atomic E-state index is 11.9. The molecule has 0 aliphatic heterocycles. The standard InChI is InChI=1S/C14H19ClN2O3S/c1-9(14(18)17-10-6-7-10)16-8-11-12(15)4-3-5-13(11)21(2,19)20/h3-5,9-10,16H,6-8H2,1-2H3,(H,17,18). The minimum Gasteiger partial charge on any atom is -0.352 e. The van der Waals surface area contributed by atoms with E-state index in [0.29, 0.717) is 16.6 Å². The lowest BCUT2D eigenvalue weighted by Gasteiger charge is -2.16. The van der Waals surface area contributed by atoms with Gasteiger partial charge in [-0.3, -0.25) is 4.79 Å². The summed E-state index contributed by atoms with van der Waals surface area (Å²) >= 11 is 6.09. The molecule has 1 aromatic carbocycles. The second-order valence-electron chi connectivity index (χ2n) is 5.37. The quantitative estimate of drug-likeness (QED) is 0.829. The first-order chi connectivity index (χ1) is 9.79. The number of carbonyl (C=O) groups excluding carboxylic acids is 1. The highest BCUT2D eigenvalue weighted by Gasteiger charge is 2.25. The Hall–Kier alpha value is -1.11. The number of rotatable bonds is 6.